The Morgan fingerprint density at radius 3 is 2.22 bits per heavy atom. The number of hydrogen-bond acceptors (Lipinski definition) is 16. The minimum absolute atomic E-state index is 0.0439. The van der Waals surface area contributed by atoms with Gasteiger partial charge in [0.1, 0.15) is 49.3 Å². The van der Waals surface area contributed by atoms with Crippen LogP contribution in [0.3, 0.4) is 0 Å². The summed E-state index contributed by atoms with van der Waals surface area (Å²) in [4.78, 5) is 24.3. The van der Waals surface area contributed by atoms with Gasteiger partial charge in [0.2, 0.25) is 0 Å². The molecule has 0 amide bonds. The van der Waals surface area contributed by atoms with Crippen LogP contribution in [0.5, 0.6) is 0 Å². The summed E-state index contributed by atoms with van der Waals surface area (Å²) in [6.45, 7) is 9.22. The molecule has 4 aliphatic heterocycles. The molecule has 4 saturated carbocycles. The Labute approximate surface area is 345 Å². The third-order valence-electron chi connectivity index (χ3n) is 16.3. The van der Waals surface area contributed by atoms with E-state index in [0.29, 0.717) is 18.4 Å². The van der Waals surface area contributed by atoms with Gasteiger partial charge in [-0.15, -0.1) is 0 Å². The number of rotatable bonds is 9. The van der Waals surface area contributed by atoms with Gasteiger partial charge in [-0.05, 0) is 106 Å². The van der Waals surface area contributed by atoms with E-state index < -0.39 is 98.1 Å². The maximum Gasteiger partial charge on any atom is 0.331 e. The Balaban J connectivity index is 0.864. The van der Waals surface area contributed by atoms with E-state index in [2.05, 4.69) is 13.8 Å². The van der Waals surface area contributed by atoms with Gasteiger partial charge in [0.05, 0.1) is 36.6 Å². The maximum absolute atomic E-state index is 12.6. The molecule has 0 aromatic carbocycles. The van der Waals surface area contributed by atoms with Crippen LogP contribution >= 0.6 is 0 Å². The molecule has 4 heterocycles. The molecule has 334 valence electrons. The standard InChI is InChI=1S/C43H66O16/c1-20-38(59-40-37(50)36(49)35(48)31(18-44)57-40)29(46)16-33(53-20)58-39-21(2)54-34(17-30(39)55-22(3)45)56-25-8-11-41(4)24(15-25)6-7-28-27(41)9-12-42(5)26(10-13-43(28,42)51)23-14-32(47)52-19-23/h14,20-21,24-31,33-40,44,46,48-51H,6-13,15-19H2,1-5H3/t20-,21-,24-,25+,26-,27+,28-,29+,30+,31-,33+,34+,35-,36+,37-,38-,39-,40+,41+,42-,43+/m1/s1. The van der Waals surface area contributed by atoms with E-state index in [0.717, 1.165) is 63.4 Å². The quantitative estimate of drug-likeness (QED) is 0.144. The number of ether oxygens (including phenoxy) is 8. The summed E-state index contributed by atoms with van der Waals surface area (Å²) in [6, 6.07) is 0. The molecule has 7 fully saturated rings. The van der Waals surface area contributed by atoms with Crippen molar-refractivity contribution in [1.29, 1.82) is 0 Å². The maximum atomic E-state index is 12.6. The highest BCUT2D eigenvalue weighted by atomic mass is 16.7. The molecule has 8 rings (SSSR count). The van der Waals surface area contributed by atoms with Gasteiger partial charge in [0.25, 0.3) is 0 Å². The van der Waals surface area contributed by atoms with E-state index in [9.17, 15) is 40.2 Å². The summed E-state index contributed by atoms with van der Waals surface area (Å²) in [5.74, 6) is 0.471. The normalized spacial score (nSPS) is 52.5. The first-order valence-electron chi connectivity index (χ1n) is 22.0. The second-order valence-corrected chi connectivity index (χ2v) is 19.5. The molecule has 0 radical (unpaired) electrons. The lowest BCUT2D eigenvalue weighted by Crippen LogP contribution is -2.62. The molecular weight excluding hydrogens is 772 g/mol. The number of fused-ring (bicyclic) bond motifs is 5. The van der Waals surface area contributed by atoms with Crippen molar-refractivity contribution in [2.24, 2.45) is 34.5 Å². The predicted octanol–water partition coefficient (Wildman–Crippen LogP) is 1.76. The van der Waals surface area contributed by atoms with Gasteiger partial charge in [-0.3, -0.25) is 4.79 Å². The average Bonchev–Trinajstić information content (AvgIpc) is 3.73. The van der Waals surface area contributed by atoms with E-state index in [4.69, 9.17) is 37.9 Å². The van der Waals surface area contributed by atoms with Crippen LogP contribution in [-0.4, -0.2) is 147 Å². The largest absolute Gasteiger partial charge is 0.459 e. The van der Waals surface area contributed by atoms with Gasteiger partial charge in [-0.2, -0.15) is 0 Å². The summed E-state index contributed by atoms with van der Waals surface area (Å²) in [6.07, 6.45) is -3.84. The second-order valence-electron chi connectivity index (χ2n) is 19.5. The van der Waals surface area contributed by atoms with Crippen LogP contribution in [0, 0.1) is 34.5 Å². The Kier molecular flexibility index (Phi) is 12.4. The number of hydrogen-bond donors (Lipinski definition) is 6. The van der Waals surface area contributed by atoms with Gasteiger partial charge in [0.15, 0.2) is 18.9 Å². The number of esters is 2. The number of cyclic esters (lactones) is 1. The minimum Gasteiger partial charge on any atom is -0.459 e. The van der Waals surface area contributed by atoms with Crippen LogP contribution < -0.4 is 0 Å². The first-order chi connectivity index (χ1) is 27.9. The number of carbonyl (C=O) groups is 2. The molecule has 0 aromatic rings. The van der Waals surface area contributed by atoms with E-state index in [-0.39, 0.29) is 47.6 Å². The third-order valence-corrected chi connectivity index (χ3v) is 16.3. The molecular formula is C43H66O16. The summed E-state index contributed by atoms with van der Waals surface area (Å²) in [5, 5.41) is 64.1. The van der Waals surface area contributed by atoms with Crippen molar-refractivity contribution in [3.05, 3.63) is 11.6 Å². The van der Waals surface area contributed by atoms with Gasteiger partial charge >= 0.3 is 11.9 Å². The number of aliphatic hydroxyl groups excluding tert-OH is 5. The summed E-state index contributed by atoms with van der Waals surface area (Å²) in [7, 11) is 0. The van der Waals surface area contributed by atoms with E-state index in [1.165, 1.54) is 6.92 Å². The first-order valence-corrected chi connectivity index (χ1v) is 22.0. The van der Waals surface area contributed by atoms with E-state index in [1.807, 2.05) is 6.92 Å². The van der Waals surface area contributed by atoms with Gasteiger partial charge in [-0.1, -0.05) is 13.8 Å². The molecule has 16 heteroatoms. The lowest BCUT2D eigenvalue weighted by Gasteiger charge is -2.64. The molecule has 8 aliphatic rings. The Morgan fingerprint density at radius 1 is 0.814 bits per heavy atom. The lowest BCUT2D eigenvalue weighted by molar-refractivity contribution is -0.352. The molecule has 59 heavy (non-hydrogen) atoms. The smallest absolute Gasteiger partial charge is 0.331 e. The van der Waals surface area contributed by atoms with Crippen LogP contribution in [0.4, 0.5) is 0 Å². The molecule has 4 aliphatic carbocycles. The van der Waals surface area contributed by atoms with Crippen molar-refractivity contribution in [3.63, 3.8) is 0 Å². The van der Waals surface area contributed by atoms with Gasteiger partial charge in [0, 0.05) is 31.3 Å². The van der Waals surface area contributed by atoms with Crippen molar-refractivity contribution in [2.45, 2.75) is 197 Å². The fourth-order valence-electron chi connectivity index (χ4n) is 13.1. The zero-order valence-corrected chi connectivity index (χ0v) is 34.9. The lowest BCUT2D eigenvalue weighted by atomic mass is 9.43. The van der Waals surface area contributed by atoms with Crippen LogP contribution in [0.15, 0.2) is 11.6 Å². The van der Waals surface area contributed by atoms with Crippen LogP contribution in [0.1, 0.15) is 105 Å². The Morgan fingerprint density at radius 2 is 1.54 bits per heavy atom. The van der Waals surface area contributed by atoms with Crippen molar-refractivity contribution in [3.8, 4) is 0 Å². The van der Waals surface area contributed by atoms with Crippen LogP contribution in [0.25, 0.3) is 0 Å². The molecule has 3 saturated heterocycles. The summed E-state index contributed by atoms with van der Waals surface area (Å²) in [5.41, 5.74) is 0.0728. The monoisotopic (exact) mass is 838 g/mol. The molecule has 6 N–H and O–H groups in total. The topological polar surface area (TPSA) is 229 Å². The predicted molar refractivity (Wildman–Crippen MR) is 204 cm³/mol. The number of aliphatic hydroxyl groups is 6. The zero-order chi connectivity index (χ0) is 42.2. The number of carbonyl (C=O) groups excluding carboxylic acids is 2. The third kappa shape index (κ3) is 7.83. The molecule has 16 nitrogen and oxygen atoms in total. The fourth-order valence-corrected chi connectivity index (χ4v) is 13.1. The van der Waals surface area contributed by atoms with Crippen LogP contribution in [-0.2, 0) is 47.5 Å². The van der Waals surface area contributed by atoms with Gasteiger partial charge < -0.3 is 68.5 Å². The van der Waals surface area contributed by atoms with Crippen molar-refractivity contribution in [1.82, 2.24) is 0 Å². The highest BCUT2D eigenvalue weighted by Crippen LogP contribution is 2.70. The molecule has 21 atom stereocenters. The van der Waals surface area contributed by atoms with Crippen molar-refractivity contribution >= 4 is 11.9 Å². The van der Waals surface area contributed by atoms with Crippen molar-refractivity contribution in [2.75, 3.05) is 13.2 Å². The molecule has 0 spiro atoms. The fraction of sp³-hybridized carbons (Fsp3) is 0.907. The molecule has 0 bridgehead atoms. The molecule has 0 unspecified atom stereocenters. The highest BCUT2D eigenvalue weighted by Gasteiger charge is 2.68. The summed E-state index contributed by atoms with van der Waals surface area (Å²) >= 11 is 0. The first kappa shape index (κ1) is 43.8. The second kappa shape index (κ2) is 16.7. The van der Waals surface area contributed by atoms with Gasteiger partial charge in [-0.25, -0.2) is 4.79 Å². The zero-order valence-electron chi connectivity index (χ0n) is 34.9. The van der Waals surface area contributed by atoms with Crippen LogP contribution in [0.2, 0.25) is 0 Å². The SMILES string of the molecule is CC(=O)O[C@H]1C[C@H](O[C@H]2CC[C@@]3(C)[C@H](CC[C@@H]4[C@@H]3CC[C@]3(C)[C@@H](C5=CC(=O)OC5)CC[C@]43O)C2)O[C@H](C)[C@H]1O[C@H]1C[C@H](O)[C@H](O[C@@H]2O[C@H](CO)[C@@H](O)[C@H](O)[C@H]2O)[C@@H](C)O1. The Hall–Kier alpha value is -1.80. The Bertz CT molecular complexity index is 1560. The summed E-state index contributed by atoms with van der Waals surface area (Å²) < 4.78 is 47.9. The van der Waals surface area contributed by atoms with E-state index in [1.54, 1.807) is 13.0 Å². The highest BCUT2D eigenvalue weighted by molar-refractivity contribution is 5.85. The average molecular weight is 839 g/mol. The van der Waals surface area contributed by atoms with Crippen molar-refractivity contribution < 1.29 is 78.1 Å². The minimum atomic E-state index is -1.64. The van der Waals surface area contributed by atoms with E-state index >= 15 is 0 Å². The molecule has 0 aromatic heterocycles.